The number of rotatable bonds is 5. The lowest BCUT2D eigenvalue weighted by atomic mass is 10.2. The topological polar surface area (TPSA) is 61.9 Å². The number of nitrogens with zero attached hydrogens (tertiary/aromatic N) is 4. The van der Waals surface area contributed by atoms with E-state index in [1.54, 1.807) is 27.8 Å². The monoisotopic (exact) mass is 406 g/mol. The van der Waals surface area contributed by atoms with Gasteiger partial charge in [0, 0.05) is 12.3 Å². The molecule has 0 atom stereocenters. The summed E-state index contributed by atoms with van der Waals surface area (Å²) in [5, 5.41) is 9.02. The van der Waals surface area contributed by atoms with Crippen LogP contribution in [0.4, 0.5) is 0 Å². The van der Waals surface area contributed by atoms with Gasteiger partial charge in [-0.3, -0.25) is 4.79 Å². The van der Waals surface area contributed by atoms with Gasteiger partial charge in [-0.05, 0) is 42.5 Å². The van der Waals surface area contributed by atoms with E-state index in [0.29, 0.717) is 17.1 Å². The summed E-state index contributed by atoms with van der Waals surface area (Å²) in [7, 11) is 0. The second-order valence-corrected chi connectivity index (χ2v) is 6.82. The molecule has 2 heterocycles. The van der Waals surface area contributed by atoms with Gasteiger partial charge in [-0.15, -0.1) is 0 Å². The number of benzene rings is 3. The molecule has 0 aliphatic heterocycles. The van der Waals surface area contributed by atoms with E-state index >= 15 is 0 Å². The molecule has 2 aromatic heterocycles. The molecule has 3 aromatic carbocycles. The SMILES string of the molecule is O=c1ccn(-c2ccccc2Oc2ccccc2)nc1-c1ccnn1-c1ccccc1. The van der Waals surface area contributed by atoms with Crippen LogP contribution in [0.25, 0.3) is 22.8 Å². The summed E-state index contributed by atoms with van der Waals surface area (Å²) in [5.74, 6) is 1.35. The Kier molecular flexibility index (Phi) is 4.86. The van der Waals surface area contributed by atoms with Gasteiger partial charge >= 0.3 is 0 Å². The molecule has 150 valence electrons. The molecule has 0 spiro atoms. The number of aromatic nitrogens is 4. The summed E-state index contributed by atoms with van der Waals surface area (Å²) < 4.78 is 9.42. The van der Waals surface area contributed by atoms with Crippen LogP contribution < -0.4 is 10.2 Å². The lowest BCUT2D eigenvalue weighted by molar-refractivity contribution is 0.478. The van der Waals surface area contributed by atoms with Crippen molar-refractivity contribution in [3.05, 3.63) is 120 Å². The molecule has 0 saturated heterocycles. The average Bonchev–Trinajstić information content (AvgIpc) is 3.31. The Hall–Kier alpha value is -4.45. The van der Waals surface area contributed by atoms with Crippen LogP contribution in [0.5, 0.6) is 11.5 Å². The van der Waals surface area contributed by atoms with Crippen LogP contribution in [0.3, 0.4) is 0 Å². The average molecular weight is 406 g/mol. The first-order chi connectivity index (χ1) is 15.3. The molecular formula is C25H18N4O2. The van der Waals surface area contributed by atoms with Gasteiger partial charge in [-0.1, -0.05) is 48.5 Å². The van der Waals surface area contributed by atoms with E-state index in [1.165, 1.54) is 6.07 Å². The van der Waals surface area contributed by atoms with E-state index in [9.17, 15) is 4.79 Å². The van der Waals surface area contributed by atoms with Gasteiger partial charge in [0.05, 0.1) is 17.6 Å². The third-order valence-electron chi connectivity index (χ3n) is 4.78. The van der Waals surface area contributed by atoms with Gasteiger partial charge in [-0.2, -0.15) is 10.2 Å². The first-order valence-corrected chi connectivity index (χ1v) is 9.82. The highest BCUT2D eigenvalue weighted by atomic mass is 16.5. The van der Waals surface area contributed by atoms with E-state index < -0.39 is 0 Å². The van der Waals surface area contributed by atoms with Crippen LogP contribution in [-0.4, -0.2) is 19.6 Å². The molecule has 0 fully saturated rings. The van der Waals surface area contributed by atoms with E-state index in [1.807, 2.05) is 84.9 Å². The Labute approximate surface area is 178 Å². The fourth-order valence-corrected chi connectivity index (χ4v) is 3.33. The van der Waals surface area contributed by atoms with Crippen LogP contribution in [-0.2, 0) is 0 Å². The maximum atomic E-state index is 12.7. The Morgan fingerprint density at radius 2 is 1.45 bits per heavy atom. The summed E-state index contributed by atoms with van der Waals surface area (Å²) in [6.45, 7) is 0. The summed E-state index contributed by atoms with van der Waals surface area (Å²) in [6, 6.07) is 30.0. The molecule has 0 unspecified atom stereocenters. The summed E-state index contributed by atoms with van der Waals surface area (Å²) in [5.41, 5.74) is 2.31. The third kappa shape index (κ3) is 3.74. The molecule has 0 radical (unpaired) electrons. The number of hydrogen-bond acceptors (Lipinski definition) is 4. The Morgan fingerprint density at radius 1 is 0.742 bits per heavy atom. The highest BCUT2D eigenvalue weighted by Gasteiger charge is 2.15. The molecule has 5 aromatic rings. The molecule has 0 bridgehead atoms. The summed E-state index contributed by atoms with van der Waals surface area (Å²) in [6.07, 6.45) is 3.30. The zero-order chi connectivity index (χ0) is 21.0. The fourth-order valence-electron chi connectivity index (χ4n) is 3.33. The number of hydrogen-bond donors (Lipinski definition) is 0. The summed E-state index contributed by atoms with van der Waals surface area (Å²) in [4.78, 5) is 12.7. The molecule has 0 aliphatic rings. The largest absolute Gasteiger partial charge is 0.455 e. The zero-order valence-corrected chi connectivity index (χ0v) is 16.5. The standard InChI is InChI=1S/C25H18N4O2/c30-23-16-18-28(21-13-7-8-14-24(21)31-20-11-5-2-6-12-20)27-25(23)22-15-17-26-29(22)19-9-3-1-4-10-19/h1-18H. The van der Waals surface area contributed by atoms with Crippen LogP contribution >= 0.6 is 0 Å². The highest BCUT2D eigenvalue weighted by Crippen LogP contribution is 2.28. The highest BCUT2D eigenvalue weighted by molar-refractivity contribution is 5.58. The van der Waals surface area contributed by atoms with E-state index in [4.69, 9.17) is 4.74 Å². The first-order valence-electron chi connectivity index (χ1n) is 9.82. The van der Waals surface area contributed by atoms with Gasteiger partial charge in [-0.25, -0.2) is 9.36 Å². The van der Waals surface area contributed by atoms with Crippen molar-refractivity contribution in [2.24, 2.45) is 0 Å². The van der Waals surface area contributed by atoms with Crippen LogP contribution in [0.1, 0.15) is 0 Å². The molecule has 31 heavy (non-hydrogen) atoms. The van der Waals surface area contributed by atoms with Crippen LogP contribution in [0, 0.1) is 0 Å². The van der Waals surface area contributed by atoms with Gasteiger partial charge in [0.1, 0.15) is 11.4 Å². The number of ether oxygens (including phenoxy) is 1. The smallest absolute Gasteiger partial charge is 0.209 e. The first kappa shape index (κ1) is 18.6. The molecule has 6 heteroatoms. The van der Waals surface area contributed by atoms with Gasteiger partial charge in [0.15, 0.2) is 11.4 Å². The zero-order valence-electron chi connectivity index (χ0n) is 16.5. The van der Waals surface area contributed by atoms with Gasteiger partial charge in [0.2, 0.25) is 5.43 Å². The van der Waals surface area contributed by atoms with Crippen molar-refractivity contribution >= 4 is 0 Å². The van der Waals surface area contributed by atoms with Gasteiger partial charge < -0.3 is 4.74 Å². The minimum absolute atomic E-state index is 0.185. The lowest BCUT2D eigenvalue weighted by Gasteiger charge is -2.13. The molecule has 0 aliphatic carbocycles. The minimum atomic E-state index is -0.185. The molecule has 0 amide bonds. The minimum Gasteiger partial charge on any atom is -0.455 e. The van der Waals surface area contributed by atoms with Crippen molar-refractivity contribution in [1.82, 2.24) is 19.6 Å². The predicted molar refractivity (Wildman–Crippen MR) is 119 cm³/mol. The van der Waals surface area contributed by atoms with E-state index in [-0.39, 0.29) is 5.43 Å². The Morgan fingerprint density at radius 3 is 2.26 bits per heavy atom. The second-order valence-electron chi connectivity index (χ2n) is 6.82. The van der Waals surface area contributed by atoms with Crippen molar-refractivity contribution in [3.8, 4) is 34.3 Å². The van der Waals surface area contributed by atoms with Crippen molar-refractivity contribution in [2.75, 3.05) is 0 Å². The third-order valence-corrected chi connectivity index (χ3v) is 4.78. The van der Waals surface area contributed by atoms with Crippen LogP contribution in [0.15, 0.2) is 114 Å². The Bertz CT molecular complexity index is 1380. The van der Waals surface area contributed by atoms with Crippen LogP contribution in [0.2, 0.25) is 0 Å². The maximum Gasteiger partial charge on any atom is 0.209 e. The predicted octanol–water partition coefficient (Wildman–Crippen LogP) is 4.88. The second kappa shape index (κ2) is 8.12. The molecule has 5 rings (SSSR count). The molecule has 0 saturated carbocycles. The Balaban J connectivity index is 1.59. The van der Waals surface area contributed by atoms with E-state index in [2.05, 4.69) is 10.2 Å². The van der Waals surface area contributed by atoms with Crippen molar-refractivity contribution in [1.29, 1.82) is 0 Å². The molecular weight excluding hydrogens is 388 g/mol. The normalized spacial score (nSPS) is 10.7. The summed E-state index contributed by atoms with van der Waals surface area (Å²) >= 11 is 0. The van der Waals surface area contributed by atoms with Gasteiger partial charge in [0.25, 0.3) is 0 Å². The quantitative estimate of drug-likeness (QED) is 0.417. The lowest BCUT2D eigenvalue weighted by Crippen LogP contribution is -2.15. The fraction of sp³-hybridized carbons (Fsp3) is 0. The van der Waals surface area contributed by atoms with Crippen molar-refractivity contribution in [2.45, 2.75) is 0 Å². The van der Waals surface area contributed by atoms with Crippen molar-refractivity contribution in [3.63, 3.8) is 0 Å². The maximum absolute atomic E-state index is 12.7. The molecule has 6 nitrogen and oxygen atoms in total. The molecule has 0 N–H and O–H groups in total. The van der Waals surface area contributed by atoms with Crippen molar-refractivity contribution < 1.29 is 4.74 Å². The number of para-hydroxylation sites is 4. The van der Waals surface area contributed by atoms with E-state index in [0.717, 1.165) is 17.1 Å².